The minimum Gasteiger partial charge on any atom is -0.481 e. The number of carbonyl (C=O) groups excluding carboxylic acids is 2. The first-order valence-electron chi connectivity index (χ1n) is 5.39. The summed E-state index contributed by atoms with van der Waals surface area (Å²) >= 11 is 0. The maximum atomic E-state index is 11.4. The van der Waals surface area contributed by atoms with Crippen molar-refractivity contribution in [2.45, 2.75) is 31.3 Å². The molecule has 0 fully saturated rings. The molecule has 0 rings (SSSR count). The molecule has 9 nitrogen and oxygen atoms in total. The van der Waals surface area contributed by atoms with Crippen LogP contribution in [0.25, 0.3) is 0 Å². The SMILES string of the molecule is CN[C@H](CC(=O)O)C(=O)OC(=O)CC[C@@H](N)C(=O)O. The van der Waals surface area contributed by atoms with Gasteiger partial charge in [-0.1, -0.05) is 0 Å². The molecule has 0 aromatic rings. The van der Waals surface area contributed by atoms with Crippen molar-refractivity contribution in [1.29, 1.82) is 0 Å². The zero-order valence-corrected chi connectivity index (χ0v) is 10.3. The number of nitrogens with one attached hydrogen (secondary N) is 1. The van der Waals surface area contributed by atoms with Crippen LogP contribution >= 0.6 is 0 Å². The molecule has 0 radical (unpaired) electrons. The average Bonchev–Trinajstić information content (AvgIpc) is 2.32. The number of carboxylic acids is 2. The predicted molar refractivity (Wildman–Crippen MR) is 61.0 cm³/mol. The summed E-state index contributed by atoms with van der Waals surface area (Å²) in [5.74, 6) is -4.47. The molecule has 0 unspecified atom stereocenters. The Morgan fingerprint density at radius 2 is 1.84 bits per heavy atom. The Hall–Kier alpha value is -2.00. The third kappa shape index (κ3) is 7.11. The number of hydrogen-bond donors (Lipinski definition) is 4. The van der Waals surface area contributed by atoms with E-state index in [1.807, 2.05) is 0 Å². The highest BCUT2D eigenvalue weighted by Gasteiger charge is 2.24. The van der Waals surface area contributed by atoms with Gasteiger partial charge < -0.3 is 26.0 Å². The van der Waals surface area contributed by atoms with E-state index in [1.54, 1.807) is 0 Å². The van der Waals surface area contributed by atoms with E-state index in [1.165, 1.54) is 7.05 Å². The molecule has 0 aromatic carbocycles. The quantitative estimate of drug-likeness (QED) is 0.300. The number of carboxylic acid groups (broad SMARTS) is 2. The highest BCUT2D eigenvalue weighted by molar-refractivity contribution is 5.90. The molecule has 0 saturated carbocycles. The Balaban J connectivity index is 4.20. The predicted octanol–water partition coefficient (Wildman–Crippen LogP) is -1.69. The molecule has 0 saturated heterocycles. The Labute approximate surface area is 108 Å². The van der Waals surface area contributed by atoms with Crippen LogP contribution in [0.1, 0.15) is 19.3 Å². The Bertz CT molecular complexity index is 369. The number of esters is 2. The van der Waals surface area contributed by atoms with E-state index in [9.17, 15) is 19.2 Å². The first-order valence-corrected chi connectivity index (χ1v) is 5.39. The molecule has 0 aliphatic carbocycles. The fraction of sp³-hybridized carbons (Fsp3) is 0.600. The summed E-state index contributed by atoms with van der Waals surface area (Å²) in [6.45, 7) is 0. The molecule has 0 aliphatic heterocycles. The van der Waals surface area contributed by atoms with Crippen molar-refractivity contribution < 1.29 is 34.1 Å². The number of hydrogen-bond acceptors (Lipinski definition) is 7. The second-order valence-corrected chi connectivity index (χ2v) is 3.72. The van der Waals surface area contributed by atoms with E-state index in [2.05, 4.69) is 10.1 Å². The minimum atomic E-state index is -1.27. The molecule has 19 heavy (non-hydrogen) atoms. The standard InChI is InChI=1S/C10H16N2O7/c1-12-6(4-7(13)14)10(18)19-8(15)3-2-5(11)9(16)17/h5-6,12H,2-4,11H2,1H3,(H,13,14)(H,16,17)/t5-,6-/m1/s1. The molecule has 5 N–H and O–H groups in total. The number of nitrogens with two attached hydrogens (primary N) is 1. The highest BCUT2D eigenvalue weighted by atomic mass is 16.6. The van der Waals surface area contributed by atoms with E-state index in [0.717, 1.165) is 0 Å². The van der Waals surface area contributed by atoms with Gasteiger partial charge in [0.25, 0.3) is 0 Å². The van der Waals surface area contributed by atoms with Crippen LogP contribution in [0.3, 0.4) is 0 Å². The lowest BCUT2D eigenvalue weighted by Gasteiger charge is -2.12. The van der Waals surface area contributed by atoms with Gasteiger partial charge in [-0.2, -0.15) is 0 Å². The number of likely N-dealkylation sites (N-methyl/N-ethyl adjacent to an activating group) is 1. The second-order valence-electron chi connectivity index (χ2n) is 3.72. The topological polar surface area (TPSA) is 156 Å². The van der Waals surface area contributed by atoms with Gasteiger partial charge in [0.05, 0.1) is 6.42 Å². The molecule has 0 aliphatic rings. The van der Waals surface area contributed by atoms with Gasteiger partial charge in [-0.05, 0) is 13.5 Å². The fourth-order valence-corrected chi connectivity index (χ4v) is 1.11. The summed E-state index contributed by atoms with van der Waals surface area (Å²) in [6, 6.07) is -2.36. The summed E-state index contributed by atoms with van der Waals surface area (Å²) < 4.78 is 4.38. The second kappa shape index (κ2) is 8.16. The Kier molecular flexibility index (Phi) is 7.30. The van der Waals surface area contributed by atoms with Crippen molar-refractivity contribution >= 4 is 23.9 Å². The number of rotatable bonds is 8. The van der Waals surface area contributed by atoms with Crippen LogP contribution in [0.2, 0.25) is 0 Å². The van der Waals surface area contributed by atoms with Gasteiger partial charge in [0, 0.05) is 6.42 Å². The zero-order chi connectivity index (χ0) is 15.0. The Morgan fingerprint density at radius 3 is 2.26 bits per heavy atom. The minimum absolute atomic E-state index is 0.176. The van der Waals surface area contributed by atoms with Crippen molar-refractivity contribution in [2.75, 3.05) is 7.05 Å². The van der Waals surface area contributed by atoms with Crippen LogP contribution in [0.15, 0.2) is 0 Å². The molecule has 2 atom stereocenters. The van der Waals surface area contributed by atoms with E-state index >= 15 is 0 Å². The molecular weight excluding hydrogens is 260 g/mol. The van der Waals surface area contributed by atoms with Gasteiger partial charge in [-0.3, -0.25) is 14.4 Å². The first-order chi connectivity index (χ1) is 8.77. The summed E-state index contributed by atoms with van der Waals surface area (Å²) in [4.78, 5) is 43.4. The summed E-state index contributed by atoms with van der Waals surface area (Å²) in [7, 11) is 1.35. The lowest BCUT2D eigenvalue weighted by molar-refractivity contribution is -0.162. The van der Waals surface area contributed by atoms with Crippen molar-refractivity contribution in [3.05, 3.63) is 0 Å². The van der Waals surface area contributed by atoms with Gasteiger partial charge in [-0.25, -0.2) is 4.79 Å². The van der Waals surface area contributed by atoms with E-state index in [-0.39, 0.29) is 12.8 Å². The average molecular weight is 276 g/mol. The summed E-state index contributed by atoms with van der Waals surface area (Å²) in [6.07, 6.45) is -1.05. The van der Waals surface area contributed by atoms with Gasteiger partial charge in [0.1, 0.15) is 12.1 Å². The van der Waals surface area contributed by atoms with Gasteiger partial charge in [0.2, 0.25) is 0 Å². The van der Waals surface area contributed by atoms with Gasteiger partial charge in [0.15, 0.2) is 0 Å². The lowest BCUT2D eigenvalue weighted by Crippen LogP contribution is -2.38. The summed E-state index contributed by atoms with van der Waals surface area (Å²) in [5.41, 5.74) is 5.17. The Morgan fingerprint density at radius 1 is 1.26 bits per heavy atom. The number of ether oxygens (including phenoxy) is 1. The van der Waals surface area contributed by atoms with Crippen molar-refractivity contribution in [3.63, 3.8) is 0 Å². The van der Waals surface area contributed by atoms with Crippen LogP contribution < -0.4 is 11.1 Å². The van der Waals surface area contributed by atoms with Gasteiger partial charge >= 0.3 is 23.9 Å². The van der Waals surface area contributed by atoms with Crippen molar-refractivity contribution in [3.8, 4) is 0 Å². The van der Waals surface area contributed by atoms with Crippen LogP contribution in [0.5, 0.6) is 0 Å². The van der Waals surface area contributed by atoms with Crippen LogP contribution in [-0.4, -0.2) is 53.2 Å². The molecule has 9 heteroatoms. The molecule has 0 spiro atoms. The van der Waals surface area contributed by atoms with E-state index in [4.69, 9.17) is 15.9 Å². The number of aliphatic carboxylic acids is 2. The maximum absolute atomic E-state index is 11.4. The third-order valence-corrected chi connectivity index (χ3v) is 2.20. The van der Waals surface area contributed by atoms with Crippen LogP contribution in [0, 0.1) is 0 Å². The first kappa shape index (κ1) is 17.0. The van der Waals surface area contributed by atoms with E-state index in [0.29, 0.717) is 0 Å². The monoisotopic (exact) mass is 276 g/mol. The van der Waals surface area contributed by atoms with Gasteiger partial charge in [-0.15, -0.1) is 0 Å². The molecule has 0 amide bonds. The highest BCUT2D eigenvalue weighted by Crippen LogP contribution is 2.01. The zero-order valence-electron chi connectivity index (χ0n) is 10.3. The third-order valence-electron chi connectivity index (χ3n) is 2.20. The lowest BCUT2D eigenvalue weighted by atomic mass is 10.2. The molecule has 108 valence electrons. The van der Waals surface area contributed by atoms with Crippen molar-refractivity contribution in [1.82, 2.24) is 5.32 Å². The smallest absolute Gasteiger partial charge is 0.331 e. The van der Waals surface area contributed by atoms with E-state index < -0.39 is 42.4 Å². The fourth-order valence-electron chi connectivity index (χ4n) is 1.11. The van der Waals surface area contributed by atoms with Crippen LogP contribution in [-0.2, 0) is 23.9 Å². The molecule has 0 bridgehead atoms. The normalized spacial score (nSPS) is 13.4. The maximum Gasteiger partial charge on any atom is 0.331 e. The molecular formula is C10H16N2O7. The molecule has 0 aromatic heterocycles. The summed E-state index contributed by atoms with van der Waals surface area (Å²) in [5, 5.41) is 19.4. The van der Waals surface area contributed by atoms with Crippen LogP contribution in [0.4, 0.5) is 0 Å². The molecule has 0 heterocycles. The largest absolute Gasteiger partial charge is 0.481 e. The van der Waals surface area contributed by atoms with Crippen molar-refractivity contribution in [2.24, 2.45) is 5.73 Å². The number of carbonyl (C=O) groups is 4.